The Morgan fingerprint density at radius 3 is 2.70 bits per heavy atom. The van der Waals surface area contributed by atoms with Crippen molar-refractivity contribution in [2.24, 2.45) is 7.05 Å². The van der Waals surface area contributed by atoms with Gasteiger partial charge in [-0.3, -0.25) is 4.68 Å². The van der Waals surface area contributed by atoms with Crippen molar-refractivity contribution in [3.05, 3.63) is 36.9 Å². The molecule has 0 aromatic carbocycles. The van der Waals surface area contributed by atoms with Gasteiger partial charge in [-0.25, -0.2) is 9.31 Å². The lowest BCUT2D eigenvalue weighted by molar-refractivity contribution is 0.0252. The molecule has 0 spiro atoms. The van der Waals surface area contributed by atoms with Crippen LogP contribution in [0.1, 0.15) is 40.0 Å². The summed E-state index contributed by atoms with van der Waals surface area (Å²) < 4.78 is 15.6. The van der Waals surface area contributed by atoms with Crippen molar-refractivity contribution in [3.63, 3.8) is 0 Å². The molecule has 160 valence electrons. The third-order valence-electron chi connectivity index (χ3n) is 5.13. The van der Waals surface area contributed by atoms with Crippen molar-refractivity contribution >= 4 is 11.6 Å². The second kappa shape index (κ2) is 8.01. The Hall–Kier alpha value is -3.03. The molecule has 0 aliphatic carbocycles. The summed E-state index contributed by atoms with van der Waals surface area (Å²) in [5, 5.41) is 8.66. The number of carbonyl (C=O) groups is 1. The fourth-order valence-corrected chi connectivity index (χ4v) is 3.69. The molecule has 0 saturated carbocycles. The van der Waals surface area contributed by atoms with Gasteiger partial charge in [0.05, 0.1) is 12.4 Å². The lowest BCUT2D eigenvalue weighted by atomic mass is 10.1. The summed E-state index contributed by atoms with van der Waals surface area (Å²) in [5.41, 5.74) is 2.45. The van der Waals surface area contributed by atoms with Crippen molar-refractivity contribution < 1.29 is 14.3 Å². The molecule has 4 rings (SSSR count). The van der Waals surface area contributed by atoms with Crippen LogP contribution in [0.4, 0.5) is 4.79 Å². The van der Waals surface area contributed by atoms with E-state index in [1.807, 2.05) is 63.1 Å². The molecule has 1 aliphatic heterocycles. The number of rotatable bonds is 3. The van der Waals surface area contributed by atoms with Gasteiger partial charge in [-0.05, 0) is 45.7 Å². The zero-order valence-corrected chi connectivity index (χ0v) is 18.0. The Balaban J connectivity index is 1.50. The maximum atomic E-state index is 12.4. The molecular formula is C22H29N5O3. The van der Waals surface area contributed by atoms with Gasteiger partial charge in [0.15, 0.2) is 0 Å². The zero-order valence-electron chi connectivity index (χ0n) is 18.0. The average Bonchev–Trinajstić information content (AvgIpc) is 3.25. The number of carbonyl (C=O) groups excluding carboxylic acids is 1. The third-order valence-corrected chi connectivity index (χ3v) is 5.13. The number of ether oxygens (including phenoxy) is 2. The van der Waals surface area contributed by atoms with Crippen LogP contribution in [0.15, 0.2) is 36.9 Å². The molecule has 0 N–H and O–H groups in total. The molecule has 1 fully saturated rings. The van der Waals surface area contributed by atoms with Gasteiger partial charge in [0.2, 0.25) is 0 Å². The van der Waals surface area contributed by atoms with Gasteiger partial charge < -0.3 is 14.4 Å². The monoisotopic (exact) mass is 411 g/mol. The molecule has 1 aliphatic rings. The van der Waals surface area contributed by atoms with Crippen molar-refractivity contribution in [2.75, 3.05) is 13.1 Å². The van der Waals surface area contributed by atoms with E-state index >= 15 is 0 Å². The molecule has 3 aromatic rings. The normalized spacial score (nSPS) is 17.7. The Bertz CT molecular complexity index is 1030. The summed E-state index contributed by atoms with van der Waals surface area (Å²) in [6.45, 7) is 6.98. The van der Waals surface area contributed by atoms with Crippen molar-refractivity contribution in [3.8, 4) is 16.9 Å². The molecule has 0 radical (unpaired) electrons. The number of pyridine rings is 1. The molecule has 1 amide bonds. The van der Waals surface area contributed by atoms with E-state index in [9.17, 15) is 4.79 Å². The second-order valence-corrected chi connectivity index (χ2v) is 8.79. The van der Waals surface area contributed by atoms with Gasteiger partial charge in [0, 0.05) is 50.1 Å². The third kappa shape index (κ3) is 4.58. The van der Waals surface area contributed by atoms with Crippen LogP contribution in [0.2, 0.25) is 0 Å². The topological polar surface area (TPSA) is 73.9 Å². The van der Waals surface area contributed by atoms with Gasteiger partial charge in [0.1, 0.15) is 23.0 Å². The van der Waals surface area contributed by atoms with E-state index in [-0.39, 0.29) is 12.2 Å². The minimum atomic E-state index is -0.486. The van der Waals surface area contributed by atoms with Gasteiger partial charge in [-0.15, -0.1) is 0 Å². The van der Waals surface area contributed by atoms with Crippen molar-refractivity contribution in [2.45, 2.75) is 51.7 Å². The summed E-state index contributed by atoms with van der Waals surface area (Å²) in [6, 6.07) is 4.00. The fourth-order valence-electron chi connectivity index (χ4n) is 3.69. The summed E-state index contributed by atoms with van der Waals surface area (Å²) in [4.78, 5) is 14.2. The molecule has 0 unspecified atom stereocenters. The number of amides is 1. The van der Waals surface area contributed by atoms with Gasteiger partial charge in [-0.2, -0.15) is 10.2 Å². The largest absolute Gasteiger partial charge is 0.488 e. The van der Waals surface area contributed by atoms with Gasteiger partial charge in [0.25, 0.3) is 0 Å². The maximum Gasteiger partial charge on any atom is 0.410 e. The van der Waals surface area contributed by atoms with Crippen LogP contribution >= 0.6 is 0 Å². The maximum absolute atomic E-state index is 12.4. The van der Waals surface area contributed by atoms with E-state index in [0.717, 1.165) is 41.7 Å². The predicted octanol–water partition coefficient (Wildman–Crippen LogP) is 3.90. The lowest BCUT2D eigenvalue weighted by Gasteiger charge is -2.26. The highest BCUT2D eigenvalue weighted by atomic mass is 16.6. The van der Waals surface area contributed by atoms with Crippen LogP contribution in [0.3, 0.4) is 0 Å². The number of hydrogen-bond acceptors (Lipinski definition) is 5. The smallest absolute Gasteiger partial charge is 0.410 e. The standard InChI is InChI=1S/C22H29N5O3/c1-22(2,3)30-21(28)26-10-5-6-18(8-11-26)29-20-12-16(17-13-24-25(4)14-17)15-27-19(20)7-9-23-27/h7,9,12-15,18H,5-6,8,10-11H2,1-4H3/t18-/m1/s1. The predicted molar refractivity (Wildman–Crippen MR) is 113 cm³/mol. The molecule has 4 heterocycles. The Morgan fingerprint density at radius 1 is 1.13 bits per heavy atom. The summed E-state index contributed by atoms with van der Waals surface area (Å²) in [7, 11) is 1.90. The van der Waals surface area contributed by atoms with Crippen molar-refractivity contribution in [1.82, 2.24) is 24.3 Å². The number of likely N-dealkylation sites (tertiary alicyclic amines) is 1. The molecule has 1 saturated heterocycles. The lowest BCUT2D eigenvalue weighted by Crippen LogP contribution is -2.37. The first kappa shape index (κ1) is 20.3. The van der Waals surface area contributed by atoms with E-state index < -0.39 is 5.60 Å². The summed E-state index contributed by atoms with van der Waals surface area (Å²) in [6.07, 6.45) is 9.86. The molecule has 30 heavy (non-hydrogen) atoms. The number of nitrogens with zero attached hydrogens (tertiary/aromatic N) is 5. The number of hydrogen-bond donors (Lipinski definition) is 0. The van der Waals surface area contributed by atoms with E-state index in [2.05, 4.69) is 10.2 Å². The van der Waals surface area contributed by atoms with Crippen LogP contribution in [-0.4, -0.2) is 55.2 Å². The molecule has 3 aromatic heterocycles. The number of aryl methyl sites for hydroxylation is 1. The highest BCUT2D eigenvalue weighted by Crippen LogP contribution is 2.30. The van der Waals surface area contributed by atoms with E-state index in [1.54, 1.807) is 15.8 Å². The number of aromatic nitrogens is 4. The number of fused-ring (bicyclic) bond motifs is 1. The quantitative estimate of drug-likeness (QED) is 0.653. The van der Waals surface area contributed by atoms with Crippen molar-refractivity contribution in [1.29, 1.82) is 0 Å². The first-order valence-electron chi connectivity index (χ1n) is 10.4. The Kier molecular flexibility index (Phi) is 5.40. The molecule has 0 bridgehead atoms. The summed E-state index contributed by atoms with van der Waals surface area (Å²) in [5.74, 6) is 0.796. The minimum absolute atomic E-state index is 0.0280. The highest BCUT2D eigenvalue weighted by Gasteiger charge is 2.26. The van der Waals surface area contributed by atoms with Crippen LogP contribution in [-0.2, 0) is 11.8 Å². The van der Waals surface area contributed by atoms with Gasteiger partial charge in [-0.1, -0.05) is 0 Å². The zero-order chi connectivity index (χ0) is 21.3. The highest BCUT2D eigenvalue weighted by molar-refractivity contribution is 5.70. The van der Waals surface area contributed by atoms with E-state index in [4.69, 9.17) is 9.47 Å². The minimum Gasteiger partial charge on any atom is -0.488 e. The van der Waals surface area contributed by atoms with Crippen LogP contribution in [0, 0.1) is 0 Å². The first-order valence-corrected chi connectivity index (χ1v) is 10.4. The molecule has 1 atom stereocenters. The van der Waals surface area contributed by atoms with Gasteiger partial charge >= 0.3 is 6.09 Å². The van der Waals surface area contributed by atoms with Crippen LogP contribution in [0.25, 0.3) is 16.6 Å². The van der Waals surface area contributed by atoms with E-state index in [1.165, 1.54) is 0 Å². The first-order chi connectivity index (χ1) is 14.3. The van der Waals surface area contributed by atoms with Crippen LogP contribution < -0.4 is 4.74 Å². The Morgan fingerprint density at radius 2 is 1.97 bits per heavy atom. The average molecular weight is 412 g/mol. The Labute approximate surface area is 176 Å². The second-order valence-electron chi connectivity index (χ2n) is 8.79. The SMILES string of the molecule is Cn1cc(-c2cc(O[C@@H]3CCCN(C(=O)OC(C)(C)C)CC3)c3ccnn3c2)cn1. The summed E-state index contributed by atoms with van der Waals surface area (Å²) >= 11 is 0. The molecule has 8 nitrogen and oxygen atoms in total. The molecular weight excluding hydrogens is 382 g/mol. The van der Waals surface area contributed by atoms with Crippen LogP contribution in [0.5, 0.6) is 5.75 Å². The fraction of sp³-hybridized carbons (Fsp3) is 0.500. The molecule has 8 heteroatoms. The van der Waals surface area contributed by atoms with E-state index in [0.29, 0.717) is 13.1 Å².